The number of amides is 2. The molecule has 0 unspecified atom stereocenters. The average Bonchev–Trinajstić information content (AvgIpc) is 2.94. The predicted molar refractivity (Wildman–Crippen MR) is 122 cm³/mol. The van der Waals surface area contributed by atoms with E-state index < -0.39 is 0 Å². The van der Waals surface area contributed by atoms with Gasteiger partial charge >= 0.3 is 0 Å². The molecular formula is C22H22N2O3S2. The number of likely N-dealkylation sites (N-methyl/N-ethyl adjacent to an activating group) is 1. The van der Waals surface area contributed by atoms with Gasteiger partial charge in [0, 0.05) is 12.7 Å². The lowest BCUT2D eigenvalue weighted by Crippen LogP contribution is -2.22. The van der Waals surface area contributed by atoms with Crippen LogP contribution in [0.25, 0.3) is 6.08 Å². The van der Waals surface area contributed by atoms with Crippen molar-refractivity contribution < 1.29 is 14.3 Å². The van der Waals surface area contributed by atoms with E-state index in [0.29, 0.717) is 20.9 Å². The summed E-state index contributed by atoms with van der Waals surface area (Å²) in [4.78, 5) is 26.4. The van der Waals surface area contributed by atoms with E-state index in [9.17, 15) is 9.59 Å². The Balaban J connectivity index is 1.58. The van der Waals surface area contributed by atoms with E-state index in [2.05, 4.69) is 19.2 Å². The Labute approximate surface area is 180 Å². The third-order valence-electron chi connectivity index (χ3n) is 4.39. The molecule has 2 aromatic carbocycles. The zero-order valence-corrected chi connectivity index (χ0v) is 18.1. The number of benzene rings is 2. The van der Waals surface area contributed by atoms with Crippen LogP contribution in [-0.2, 0) is 9.59 Å². The highest BCUT2D eigenvalue weighted by atomic mass is 32.2. The highest BCUT2D eigenvalue weighted by Crippen LogP contribution is 2.31. The number of thioether (sulfide) groups is 1. The molecule has 0 atom stereocenters. The number of carbonyl (C=O) groups excluding carboxylic acids is 2. The van der Waals surface area contributed by atoms with Crippen LogP contribution < -0.4 is 10.1 Å². The molecule has 5 nitrogen and oxygen atoms in total. The molecule has 0 spiro atoms. The second-order valence-electron chi connectivity index (χ2n) is 6.89. The highest BCUT2D eigenvalue weighted by Gasteiger charge is 2.28. The van der Waals surface area contributed by atoms with Gasteiger partial charge in [-0.3, -0.25) is 14.5 Å². The molecule has 1 saturated heterocycles. The molecule has 29 heavy (non-hydrogen) atoms. The summed E-state index contributed by atoms with van der Waals surface area (Å²) in [6.45, 7) is 4.09. The minimum absolute atomic E-state index is 0.0831. The van der Waals surface area contributed by atoms with Crippen molar-refractivity contribution in [3.63, 3.8) is 0 Å². The Morgan fingerprint density at radius 2 is 1.90 bits per heavy atom. The number of thiocarbonyl (C=S) groups is 1. The highest BCUT2D eigenvalue weighted by molar-refractivity contribution is 8.26. The summed E-state index contributed by atoms with van der Waals surface area (Å²) >= 11 is 6.41. The van der Waals surface area contributed by atoms with Gasteiger partial charge in [0.2, 0.25) is 0 Å². The Kier molecular flexibility index (Phi) is 6.71. The molecule has 0 bridgehead atoms. The van der Waals surface area contributed by atoms with Crippen LogP contribution in [0.15, 0.2) is 53.4 Å². The summed E-state index contributed by atoms with van der Waals surface area (Å²) in [6, 6.07) is 15.0. The molecule has 1 aliphatic rings. The summed E-state index contributed by atoms with van der Waals surface area (Å²) < 4.78 is 6.13. The minimum atomic E-state index is -0.214. The number of para-hydroxylation sites is 1. The summed E-state index contributed by atoms with van der Waals surface area (Å²) in [5.74, 6) is 0.582. The summed E-state index contributed by atoms with van der Waals surface area (Å²) in [6.07, 6.45) is 1.79. The maximum absolute atomic E-state index is 12.3. The molecular weight excluding hydrogens is 404 g/mol. The lowest BCUT2D eigenvalue weighted by Gasteiger charge is -2.14. The van der Waals surface area contributed by atoms with Crippen molar-refractivity contribution in [2.24, 2.45) is 0 Å². The Morgan fingerprint density at radius 1 is 1.21 bits per heavy atom. The molecule has 0 aromatic heterocycles. The fraction of sp³-hybridized carbons (Fsp3) is 0.227. The van der Waals surface area contributed by atoms with Gasteiger partial charge < -0.3 is 10.1 Å². The molecule has 1 heterocycles. The van der Waals surface area contributed by atoms with Crippen molar-refractivity contribution in [3.8, 4) is 5.75 Å². The van der Waals surface area contributed by atoms with Crippen LogP contribution in [0.5, 0.6) is 5.75 Å². The molecule has 7 heteroatoms. The lowest BCUT2D eigenvalue weighted by molar-refractivity contribution is -0.121. The van der Waals surface area contributed by atoms with Gasteiger partial charge in [0.1, 0.15) is 10.1 Å². The van der Waals surface area contributed by atoms with E-state index in [1.807, 2.05) is 36.4 Å². The standard InChI is InChI=1S/C22H22N2O3S2/c1-14(2)17-6-4-5-7-18(17)23-20(25)13-27-16-10-8-15(9-11-16)12-19-21(26)24(3)22(28)29-19/h4-12,14H,13H2,1-3H3,(H,23,25)/b19-12-. The largest absolute Gasteiger partial charge is 0.484 e. The van der Waals surface area contributed by atoms with Gasteiger partial charge in [-0.15, -0.1) is 0 Å². The van der Waals surface area contributed by atoms with E-state index in [1.165, 1.54) is 16.7 Å². The third-order valence-corrected chi connectivity index (χ3v) is 5.88. The monoisotopic (exact) mass is 426 g/mol. The van der Waals surface area contributed by atoms with Crippen LogP contribution in [0, 0.1) is 0 Å². The van der Waals surface area contributed by atoms with Crippen molar-refractivity contribution in [1.82, 2.24) is 4.90 Å². The van der Waals surface area contributed by atoms with Crippen LogP contribution in [0.4, 0.5) is 5.69 Å². The number of hydrogen-bond acceptors (Lipinski definition) is 5. The zero-order chi connectivity index (χ0) is 21.0. The lowest BCUT2D eigenvalue weighted by atomic mass is 10.0. The molecule has 1 N–H and O–H groups in total. The second kappa shape index (κ2) is 9.24. The number of hydrogen-bond donors (Lipinski definition) is 1. The number of rotatable bonds is 6. The van der Waals surface area contributed by atoms with Crippen molar-refractivity contribution in [2.45, 2.75) is 19.8 Å². The fourth-order valence-corrected chi connectivity index (χ4v) is 3.99. The zero-order valence-electron chi connectivity index (χ0n) is 16.5. The van der Waals surface area contributed by atoms with E-state index in [0.717, 1.165) is 16.8 Å². The predicted octanol–water partition coefficient (Wildman–Crippen LogP) is 4.66. The quantitative estimate of drug-likeness (QED) is 0.538. The summed E-state index contributed by atoms with van der Waals surface area (Å²) in [7, 11) is 1.67. The smallest absolute Gasteiger partial charge is 0.265 e. The van der Waals surface area contributed by atoms with Gasteiger partial charge in [-0.25, -0.2) is 0 Å². The molecule has 0 aliphatic carbocycles. The molecule has 3 rings (SSSR count). The Bertz CT molecular complexity index is 968. The number of carbonyl (C=O) groups is 2. The topological polar surface area (TPSA) is 58.6 Å². The van der Waals surface area contributed by atoms with Crippen molar-refractivity contribution in [3.05, 3.63) is 64.6 Å². The fourth-order valence-electron chi connectivity index (χ4n) is 2.81. The van der Waals surface area contributed by atoms with Gasteiger partial charge in [-0.1, -0.05) is 68.2 Å². The second-order valence-corrected chi connectivity index (χ2v) is 8.56. The van der Waals surface area contributed by atoms with Gasteiger partial charge in [-0.2, -0.15) is 0 Å². The van der Waals surface area contributed by atoms with Crippen LogP contribution in [-0.4, -0.2) is 34.7 Å². The van der Waals surface area contributed by atoms with Crippen molar-refractivity contribution >= 4 is 51.9 Å². The molecule has 1 fully saturated rings. The Hall–Kier alpha value is -2.64. The number of nitrogens with one attached hydrogen (secondary N) is 1. The number of nitrogens with zero attached hydrogens (tertiary/aromatic N) is 1. The summed E-state index contributed by atoms with van der Waals surface area (Å²) in [5.41, 5.74) is 2.75. The number of ether oxygens (including phenoxy) is 1. The van der Waals surface area contributed by atoms with Crippen LogP contribution in [0.1, 0.15) is 30.9 Å². The van der Waals surface area contributed by atoms with Crippen LogP contribution in [0.2, 0.25) is 0 Å². The first-order chi connectivity index (χ1) is 13.8. The van der Waals surface area contributed by atoms with Gasteiger partial charge in [0.15, 0.2) is 6.61 Å². The first kappa shape index (κ1) is 21.1. The molecule has 2 aromatic rings. The van der Waals surface area contributed by atoms with Crippen molar-refractivity contribution in [2.75, 3.05) is 19.0 Å². The Morgan fingerprint density at radius 3 is 2.52 bits per heavy atom. The molecule has 1 aliphatic heterocycles. The summed E-state index contributed by atoms with van der Waals surface area (Å²) in [5, 5.41) is 2.90. The molecule has 150 valence electrons. The van der Waals surface area contributed by atoms with Gasteiger partial charge in [0.05, 0.1) is 4.91 Å². The van der Waals surface area contributed by atoms with E-state index in [-0.39, 0.29) is 18.4 Å². The van der Waals surface area contributed by atoms with Crippen molar-refractivity contribution in [1.29, 1.82) is 0 Å². The molecule has 2 amide bonds. The van der Waals surface area contributed by atoms with Gasteiger partial charge in [0.25, 0.3) is 11.8 Å². The maximum Gasteiger partial charge on any atom is 0.265 e. The third kappa shape index (κ3) is 5.25. The van der Waals surface area contributed by atoms with Gasteiger partial charge in [-0.05, 0) is 41.3 Å². The van der Waals surface area contributed by atoms with E-state index in [1.54, 1.807) is 25.3 Å². The first-order valence-corrected chi connectivity index (χ1v) is 10.4. The van der Waals surface area contributed by atoms with E-state index in [4.69, 9.17) is 17.0 Å². The first-order valence-electron chi connectivity index (χ1n) is 9.18. The average molecular weight is 427 g/mol. The molecule has 0 saturated carbocycles. The molecule has 0 radical (unpaired) electrons. The SMILES string of the molecule is CC(C)c1ccccc1NC(=O)COc1ccc(/C=C2\SC(=S)N(C)C2=O)cc1. The minimum Gasteiger partial charge on any atom is -0.484 e. The maximum atomic E-state index is 12.3. The number of anilines is 1. The van der Waals surface area contributed by atoms with Crippen LogP contribution in [0.3, 0.4) is 0 Å². The van der Waals surface area contributed by atoms with Crippen LogP contribution >= 0.6 is 24.0 Å². The normalized spacial score (nSPS) is 15.3. The van der Waals surface area contributed by atoms with E-state index >= 15 is 0 Å².